The first kappa shape index (κ1) is 12.9. The lowest BCUT2D eigenvalue weighted by molar-refractivity contribution is 0.379. The molecule has 20 heavy (non-hydrogen) atoms. The molecule has 0 spiro atoms. The van der Waals surface area contributed by atoms with Crippen molar-refractivity contribution in [3.63, 3.8) is 0 Å². The summed E-state index contributed by atoms with van der Waals surface area (Å²) in [6.45, 7) is 2.22. The second kappa shape index (κ2) is 5.09. The number of anilines is 2. The van der Waals surface area contributed by atoms with Gasteiger partial charge in [-0.05, 0) is 41.1 Å². The van der Waals surface area contributed by atoms with Crippen molar-refractivity contribution in [2.45, 2.75) is 13.5 Å². The molecule has 0 amide bonds. The van der Waals surface area contributed by atoms with E-state index < -0.39 is 0 Å². The quantitative estimate of drug-likeness (QED) is 0.716. The van der Waals surface area contributed by atoms with Gasteiger partial charge in [0.25, 0.3) is 0 Å². The standard InChI is InChI=1S/C13H12BrN5O/c1-7-18-12(20-19-7)6-16-11-3-2-10(15)9-4-8(14)5-17-13(9)11/h2-5,16H,6,15H2,1H3. The summed E-state index contributed by atoms with van der Waals surface area (Å²) >= 11 is 3.40. The third-order valence-electron chi connectivity index (χ3n) is 2.85. The zero-order chi connectivity index (χ0) is 14.1. The Kier molecular flexibility index (Phi) is 3.27. The molecule has 0 fully saturated rings. The van der Waals surface area contributed by atoms with E-state index in [2.05, 4.69) is 36.4 Å². The van der Waals surface area contributed by atoms with Gasteiger partial charge in [0.15, 0.2) is 5.82 Å². The molecule has 3 rings (SSSR count). The number of fused-ring (bicyclic) bond motifs is 1. The Balaban J connectivity index is 1.93. The van der Waals surface area contributed by atoms with Gasteiger partial charge in [0.1, 0.15) is 0 Å². The topological polar surface area (TPSA) is 89.9 Å². The lowest BCUT2D eigenvalue weighted by atomic mass is 10.1. The van der Waals surface area contributed by atoms with Crippen molar-refractivity contribution in [1.29, 1.82) is 0 Å². The van der Waals surface area contributed by atoms with E-state index in [0.717, 1.165) is 21.1 Å². The summed E-state index contributed by atoms with van der Waals surface area (Å²) in [4.78, 5) is 8.55. The monoisotopic (exact) mass is 333 g/mol. The smallest absolute Gasteiger partial charge is 0.245 e. The largest absolute Gasteiger partial charge is 0.398 e. The highest BCUT2D eigenvalue weighted by Gasteiger charge is 2.08. The average molecular weight is 334 g/mol. The number of rotatable bonds is 3. The second-order valence-corrected chi connectivity index (χ2v) is 5.26. The number of benzene rings is 1. The highest BCUT2D eigenvalue weighted by Crippen LogP contribution is 2.29. The SMILES string of the molecule is Cc1noc(CNc2ccc(N)c3cc(Br)cnc23)n1. The fourth-order valence-corrected chi connectivity index (χ4v) is 2.27. The van der Waals surface area contributed by atoms with E-state index in [1.165, 1.54) is 0 Å². The fourth-order valence-electron chi connectivity index (χ4n) is 1.94. The van der Waals surface area contributed by atoms with Crippen LogP contribution in [0.4, 0.5) is 11.4 Å². The van der Waals surface area contributed by atoms with Crippen LogP contribution in [0.2, 0.25) is 0 Å². The van der Waals surface area contributed by atoms with E-state index in [4.69, 9.17) is 10.3 Å². The van der Waals surface area contributed by atoms with Crippen LogP contribution in [0.3, 0.4) is 0 Å². The first-order valence-electron chi connectivity index (χ1n) is 6.00. The fraction of sp³-hybridized carbons (Fsp3) is 0.154. The van der Waals surface area contributed by atoms with Gasteiger partial charge < -0.3 is 15.6 Å². The second-order valence-electron chi connectivity index (χ2n) is 4.34. The van der Waals surface area contributed by atoms with Crippen molar-refractivity contribution in [1.82, 2.24) is 15.1 Å². The molecule has 0 aliphatic rings. The zero-order valence-electron chi connectivity index (χ0n) is 10.7. The summed E-state index contributed by atoms with van der Waals surface area (Å²) in [5, 5.41) is 7.88. The van der Waals surface area contributed by atoms with Crippen LogP contribution in [-0.4, -0.2) is 15.1 Å². The summed E-state index contributed by atoms with van der Waals surface area (Å²) in [6, 6.07) is 5.68. The van der Waals surface area contributed by atoms with Crippen molar-refractivity contribution >= 4 is 38.2 Å². The molecule has 102 valence electrons. The molecular weight excluding hydrogens is 322 g/mol. The van der Waals surface area contributed by atoms with Gasteiger partial charge in [-0.1, -0.05) is 5.16 Å². The third-order valence-corrected chi connectivity index (χ3v) is 3.28. The summed E-state index contributed by atoms with van der Waals surface area (Å²) in [5.41, 5.74) is 8.35. The zero-order valence-corrected chi connectivity index (χ0v) is 12.3. The molecule has 0 saturated carbocycles. The Morgan fingerprint density at radius 3 is 3.00 bits per heavy atom. The van der Waals surface area contributed by atoms with Crippen LogP contribution in [-0.2, 0) is 6.54 Å². The molecule has 0 unspecified atom stereocenters. The van der Waals surface area contributed by atoms with Gasteiger partial charge >= 0.3 is 0 Å². The summed E-state index contributed by atoms with van der Waals surface area (Å²) in [6.07, 6.45) is 1.74. The van der Waals surface area contributed by atoms with Gasteiger partial charge in [-0.2, -0.15) is 4.98 Å². The molecule has 0 saturated heterocycles. The minimum absolute atomic E-state index is 0.442. The van der Waals surface area contributed by atoms with Gasteiger partial charge in [0, 0.05) is 21.7 Å². The van der Waals surface area contributed by atoms with Crippen molar-refractivity contribution in [3.05, 3.63) is 40.6 Å². The van der Waals surface area contributed by atoms with Crippen LogP contribution < -0.4 is 11.1 Å². The number of hydrogen-bond acceptors (Lipinski definition) is 6. The lowest BCUT2D eigenvalue weighted by Gasteiger charge is -2.09. The normalized spacial score (nSPS) is 10.9. The van der Waals surface area contributed by atoms with E-state index in [-0.39, 0.29) is 0 Å². The van der Waals surface area contributed by atoms with Gasteiger partial charge in [-0.3, -0.25) is 4.98 Å². The molecule has 7 heteroatoms. The third kappa shape index (κ3) is 2.44. The molecule has 2 heterocycles. The molecule has 6 nitrogen and oxygen atoms in total. The van der Waals surface area contributed by atoms with Crippen molar-refractivity contribution in [3.8, 4) is 0 Å². The molecule has 0 radical (unpaired) electrons. The lowest BCUT2D eigenvalue weighted by Crippen LogP contribution is -2.02. The number of hydrogen-bond donors (Lipinski definition) is 2. The maximum absolute atomic E-state index is 5.98. The first-order chi connectivity index (χ1) is 9.63. The Hall–Kier alpha value is -2.15. The predicted molar refractivity (Wildman–Crippen MR) is 80.2 cm³/mol. The number of nitrogens with two attached hydrogens (primary N) is 1. The van der Waals surface area contributed by atoms with Crippen LogP contribution in [0.25, 0.3) is 10.9 Å². The van der Waals surface area contributed by atoms with Crippen LogP contribution in [0, 0.1) is 6.92 Å². The summed E-state index contributed by atoms with van der Waals surface area (Å²) < 4.78 is 5.95. The van der Waals surface area contributed by atoms with Gasteiger partial charge in [0.2, 0.25) is 5.89 Å². The van der Waals surface area contributed by atoms with Crippen LogP contribution in [0.5, 0.6) is 0 Å². The maximum atomic E-state index is 5.98. The van der Waals surface area contributed by atoms with Crippen molar-refractivity contribution < 1.29 is 4.52 Å². The van der Waals surface area contributed by atoms with Gasteiger partial charge in [-0.25, -0.2) is 0 Å². The van der Waals surface area contributed by atoms with E-state index in [9.17, 15) is 0 Å². The molecule has 0 atom stereocenters. The molecule has 0 bridgehead atoms. The van der Waals surface area contributed by atoms with E-state index >= 15 is 0 Å². The summed E-state index contributed by atoms with van der Waals surface area (Å²) in [7, 11) is 0. The molecule has 0 aliphatic heterocycles. The molecule has 0 aliphatic carbocycles. The van der Waals surface area contributed by atoms with Crippen LogP contribution in [0.15, 0.2) is 33.4 Å². The van der Waals surface area contributed by atoms with E-state index in [1.54, 1.807) is 13.1 Å². The van der Waals surface area contributed by atoms with Crippen molar-refractivity contribution in [2.24, 2.45) is 0 Å². The Morgan fingerprint density at radius 2 is 2.25 bits per heavy atom. The number of pyridine rings is 1. The number of nitrogens with zero attached hydrogens (tertiary/aromatic N) is 3. The predicted octanol–water partition coefficient (Wildman–Crippen LogP) is 2.88. The van der Waals surface area contributed by atoms with Gasteiger partial charge in [-0.15, -0.1) is 0 Å². The molecule has 1 aromatic carbocycles. The molecular formula is C13H12BrN5O. The van der Waals surface area contributed by atoms with Gasteiger partial charge in [0.05, 0.1) is 17.7 Å². The number of aromatic nitrogens is 3. The maximum Gasteiger partial charge on any atom is 0.245 e. The first-order valence-corrected chi connectivity index (χ1v) is 6.79. The Morgan fingerprint density at radius 1 is 1.40 bits per heavy atom. The van der Waals surface area contributed by atoms with Crippen LogP contribution >= 0.6 is 15.9 Å². The average Bonchev–Trinajstić information content (AvgIpc) is 2.84. The minimum Gasteiger partial charge on any atom is -0.398 e. The van der Waals surface area contributed by atoms with E-state index in [1.807, 2.05) is 18.2 Å². The minimum atomic E-state index is 0.442. The van der Waals surface area contributed by atoms with Crippen molar-refractivity contribution in [2.75, 3.05) is 11.1 Å². The highest BCUT2D eigenvalue weighted by atomic mass is 79.9. The Bertz CT molecular complexity index is 771. The molecule has 3 N–H and O–H groups in total. The number of halogens is 1. The number of aryl methyl sites for hydroxylation is 1. The number of nitrogen functional groups attached to an aromatic ring is 1. The highest BCUT2D eigenvalue weighted by molar-refractivity contribution is 9.10. The Labute approximate surface area is 123 Å². The molecule has 3 aromatic rings. The van der Waals surface area contributed by atoms with E-state index in [0.29, 0.717) is 23.9 Å². The summed E-state index contributed by atoms with van der Waals surface area (Å²) in [5.74, 6) is 1.15. The van der Waals surface area contributed by atoms with Crippen LogP contribution in [0.1, 0.15) is 11.7 Å². The molecule has 2 aromatic heterocycles. The number of nitrogens with one attached hydrogen (secondary N) is 1.